The number of sulfone groups is 1. The summed E-state index contributed by atoms with van der Waals surface area (Å²) in [6.45, 7) is 0.669. The fourth-order valence-electron chi connectivity index (χ4n) is 3.04. The van der Waals surface area contributed by atoms with Crippen LogP contribution in [0.15, 0.2) is 42.6 Å². The van der Waals surface area contributed by atoms with E-state index in [0.717, 1.165) is 5.56 Å². The van der Waals surface area contributed by atoms with Crippen LogP contribution in [0.1, 0.15) is 12.0 Å². The van der Waals surface area contributed by atoms with Crippen LogP contribution in [-0.4, -0.2) is 53.1 Å². The number of anilines is 1. The van der Waals surface area contributed by atoms with Crippen molar-refractivity contribution in [3.63, 3.8) is 0 Å². The van der Waals surface area contributed by atoms with E-state index in [-0.39, 0.29) is 30.0 Å². The molecule has 0 aliphatic carbocycles. The molecule has 1 aromatic carbocycles. The maximum absolute atomic E-state index is 12.4. The molecule has 25 heavy (non-hydrogen) atoms. The first-order chi connectivity index (χ1) is 11.9. The van der Waals surface area contributed by atoms with Gasteiger partial charge in [0.1, 0.15) is 0 Å². The number of aromatic nitrogens is 2. The first-order valence-corrected chi connectivity index (χ1v) is 10.0. The Kier molecular flexibility index (Phi) is 5.19. The van der Waals surface area contributed by atoms with Crippen LogP contribution < -0.4 is 5.32 Å². The van der Waals surface area contributed by atoms with Crippen LogP contribution in [0.2, 0.25) is 0 Å². The van der Waals surface area contributed by atoms with E-state index in [1.165, 1.54) is 0 Å². The number of amides is 1. The molecular formula is C17H22N4O3S. The average Bonchev–Trinajstić information content (AvgIpc) is 3.13. The predicted octanol–water partition coefficient (Wildman–Crippen LogP) is 1.05. The summed E-state index contributed by atoms with van der Waals surface area (Å²) in [4.78, 5) is 14.3. The summed E-state index contributed by atoms with van der Waals surface area (Å²) in [5, 5.41) is 6.89. The molecule has 8 heteroatoms. The number of rotatable bonds is 6. The van der Waals surface area contributed by atoms with Crippen LogP contribution in [0.5, 0.6) is 0 Å². The first-order valence-electron chi connectivity index (χ1n) is 8.19. The zero-order valence-corrected chi connectivity index (χ0v) is 14.9. The van der Waals surface area contributed by atoms with E-state index in [1.807, 2.05) is 35.2 Å². The molecule has 1 N–H and O–H groups in total. The van der Waals surface area contributed by atoms with Crippen LogP contribution in [0.3, 0.4) is 0 Å². The van der Waals surface area contributed by atoms with Gasteiger partial charge in [-0.25, -0.2) is 8.42 Å². The molecule has 1 amide bonds. The van der Waals surface area contributed by atoms with E-state index < -0.39 is 9.84 Å². The van der Waals surface area contributed by atoms with Crippen molar-refractivity contribution in [2.24, 2.45) is 7.05 Å². The molecule has 1 aromatic heterocycles. The monoisotopic (exact) mass is 362 g/mol. The highest BCUT2D eigenvalue weighted by molar-refractivity contribution is 7.91. The van der Waals surface area contributed by atoms with Crippen molar-refractivity contribution in [1.82, 2.24) is 14.7 Å². The minimum absolute atomic E-state index is 0.108. The molecule has 1 unspecified atom stereocenters. The summed E-state index contributed by atoms with van der Waals surface area (Å²) in [5.74, 6) is 0.590. The number of nitrogens with zero attached hydrogens (tertiary/aromatic N) is 3. The van der Waals surface area contributed by atoms with Crippen molar-refractivity contribution in [2.75, 3.05) is 23.4 Å². The molecule has 1 aliphatic heterocycles. The fourth-order valence-corrected chi connectivity index (χ4v) is 4.81. The van der Waals surface area contributed by atoms with Crippen molar-refractivity contribution in [3.8, 4) is 0 Å². The average molecular weight is 362 g/mol. The van der Waals surface area contributed by atoms with Crippen LogP contribution in [0.25, 0.3) is 0 Å². The Morgan fingerprint density at radius 1 is 1.32 bits per heavy atom. The van der Waals surface area contributed by atoms with Crippen LogP contribution in [-0.2, 0) is 28.2 Å². The number of hydrogen-bond donors (Lipinski definition) is 1. The number of carbonyl (C=O) groups excluding carboxylic acids is 1. The SMILES string of the molecule is Cn1ccc(NC(=O)CN(Cc2ccccc2)C2CCS(=O)(=O)C2)n1. The molecule has 1 aliphatic rings. The number of hydrogen-bond acceptors (Lipinski definition) is 5. The highest BCUT2D eigenvalue weighted by atomic mass is 32.2. The third kappa shape index (κ3) is 4.90. The standard InChI is InChI=1S/C17H22N4O3S/c1-20-9-7-16(19-20)18-17(22)12-21(11-14-5-3-2-4-6-14)15-8-10-25(23,24)13-15/h2-7,9,15H,8,10-13H2,1H3,(H,18,19,22). The van der Waals surface area contributed by atoms with Gasteiger partial charge in [-0.05, 0) is 12.0 Å². The molecular weight excluding hydrogens is 340 g/mol. The van der Waals surface area contributed by atoms with Crippen molar-refractivity contribution in [1.29, 1.82) is 0 Å². The van der Waals surface area contributed by atoms with E-state index in [1.54, 1.807) is 24.0 Å². The number of benzene rings is 1. The van der Waals surface area contributed by atoms with Crippen molar-refractivity contribution in [3.05, 3.63) is 48.2 Å². The lowest BCUT2D eigenvalue weighted by atomic mass is 10.1. The molecule has 1 fully saturated rings. The molecule has 1 saturated heterocycles. The molecule has 2 heterocycles. The van der Waals surface area contributed by atoms with Gasteiger partial charge in [-0.3, -0.25) is 14.4 Å². The second-order valence-electron chi connectivity index (χ2n) is 6.37. The van der Waals surface area contributed by atoms with Crippen molar-refractivity contribution in [2.45, 2.75) is 19.0 Å². The maximum Gasteiger partial charge on any atom is 0.239 e. The summed E-state index contributed by atoms with van der Waals surface area (Å²) in [7, 11) is -1.23. The predicted molar refractivity (Wildman–Crippen MR) is 95.7 cm³/mol. The molecule has 0 radical (unpaired) electrons. The smallest absolute Gasteiger partial charge is 0.239 e. The zero-order valence-electron chi connectivity index (χ0n) is 14.1. The Morgan fingerprint density at radius 2 is 2.08 bits per heavy atom. The Bertz CT molecular complexity index is 833. The van der Waals surface area contributed by atoms with E-state index in [2.05, 4.69) is 10.4 Å². The zero-order chi connectivity index (χ0) is 17.9. The first kappa shape index (κ1) is 17.6. The molecule has 134 valence electrons. The Balaban J connectivity index is 1.70. The minimum Gasteiger partial charge on any atom is -0.308 e. The second kappa shape index (κ2) is 7.37. The van der Waals surface area contributed by atoms with Gasteiger partial charge < -0.3 is 5.32 Å². The maximum atomic E-state index is 12.4. The second-order valence-corrected chi connectivity index (χ2v) is 8.60. The van der Waals surface area contributed by atoms with E-state index >= 15 is 0 Å². The summed E-state index contributed by atoms with van der Waals surface area (Å²) in [6.07, 6.45) is 2.31. The molecule has 0 saturated carbocycles. The Morgan fingerprint density at radius 3 is 2.68 bits per heavy atom. The number of carbonyl (C=O) groups is 1. The topological polar surface area (TPSA) is 84.3 Å². The van der Waals surface area contributed by atoms with Gasteiger partial charge in [0.05, 0.1) is 18.1 Å². The quantitative estimate of drug-likeness (QED) is 0.830. The molecule has 2 aromatic rings. The van der Waals surface area contributed by atoms with E-state index in [0.29, 0.717) is 18.8 Å². The lowest BCUT2D eigenvalue weighted by Gasteiger charge is -2.27. The third-order valence-electron chi connectivity index (χ3n) is 4.28. The normalized spacial score (nSPS) is 19.2. The molecule has 7 nitrogen and oxygen atoms in total. The summed E-state index contributed by atoms with van der Waals surface area (Å²) in [6, 6.07) is 11.3. The van der Waals surface area contributed by atoms with E-state index in [4.69, 9.17) is 0 Å². The Labute approximate surface area is 147 Å². The summed E-state index contributed by atoms with van der Waals surface area (Å²) < 4.78 is 25.3. The summed E-state index contributed by atoms with van der Waals surface area (Å²) in [5.41, 5.74) is 1.05. The van der Waals surface area contributed by atoms with Crippen molar-refractivity contribution < 1.29 is 13.2 Å². The highest BCUT2D eigenvalue weighted by Crippen LogP contribution is 2.20. The largest absolute Gasteiger partial charge is 0.308 e. The fraction of sp³-hybridized carbons (Fsp3) is 0.412. The molecule has 0 spiro atoms. The van der Waals surface area contributed by atoms with Gasteiger partial charge in [0, 0.05) is 31.9 Å². The minimum atomic E-state index is -3.01. The molecule has 1 atom stereocenters. The third-order valence-corrected chi connectivity index (χ3v) is 6.03. The number of nitrogens with one attached hydrogen (secondary N) is 1. The van der Waals surface area contributed by atoms with Gasteiger partial charge in [0.2, 0.25) is 5.91 Å². The highest BCUT2D eigenvalue weighted by Gasteiger charge is 2.33. The van der Waals surface area contributed by atoms with Gasteiger partial charge >= 0.3 is 0 Å². The van der Waals surface area contributed by atoms with Gasteiger partial charge in [-0.1, -0.05) is 30.3 Å². The lowest BCUT2D eigenvalue weighted by Crippen LogP contribution is -2.41. The number of aryl methyl sites for hydroxylation is 1. The van der Waals surface area contributed by atoms with Gasteiger partial charge in [0.15, 0.2) is 15.7 Å². The van der Waals surface area contributed by atoms with Gasteiger partial charge in [-0.2, -0.15) is 5.10 Å². The van der Waals surface area contributed by atoms with Crippen LogP contribution >= 0.6 is 0 Å². The molecule has 0 bridgehead atoms. The van der Waals surface area contributed by atoms with Crippen molar-refractivity contribution >= 4 is 21.6 Å². The summed E-state index contributed by atoms with van der Waals surface area (Å²) >= 11 is 0. The van der Waals surface area contributed by atoms with Crippen LogP contribution in [0.4, 0.5) is 5.82 Å². The van der Waals surface area contributed by atoms with E-state index in [9.17, 15) is 13.2 Å². The molecule has 3 rings (SSSR count). The van der Waals surface area contributed by atoms with Gasteiger partial charge in [0.25, 0.3) is 0 Å². The van der Waals surface area contributed by atoms with Gasteiger partial charge in [-0.15, -0.1) is 0 Å². The van der Waals surface area contributed by atoms with Crippen LogP contribution in [0, 0.1) is 0 Å². The lowest BCUT2D eigenvalue weighted by molar-refractivity contribution is -0.117. The Hall–Kier alpha value is -2.19.